The zero-order chi connectivity index (χ0) is 9.42. The van der Waals surface area contributed by atoms with E-state index in [1.54, 1.807) is 4.68 Å². The molecular weight excluding hydrogens is 369 g/mol. The second-order valence-corrected chi connectivity index (χ2v) is 5.70. The molecule has 0 fully saturated rings. The lowest BCUT2D eigenvalue weighted by molar-refractivity contribution is 0.719. The average molecular weight is 372 g/mol. The van der Waals surface area contributed by atoms with Crippen molar-refractivity contribution in [1.29, 1.82) is 0 Å². The van der Waals surface area contributed by atoms with Gasteiger partial charge in [0.25, 0.3) is 0 Å². The molecule has 5 nitrogen and oxygen atoms in total. The van der Waals surface area contributed by atoms with E-state index in [9.17, 15) is 0 Å². The van der Waals surface area contributed by atoms with Crippen LogP contribution in [0.25, 0.3) is 10.7 Å². The van der Waals surface area contributed by atoms with E-state index in [2.05, 4.69) is 59.0 Å². The standard InChI is InChI=1S/C5H3BrIN5S/c1-12-2(3(6)8-11-12)4-9-10-5(7)13-4/h1H3. The van der Waals surface area contributed by atoms with Crippen LogP contribution in [-0.2, 0) is 7.05 Å². The Balaban J connectivity index is 2.57. The summed E-state index contributed by atoms with van der Waals surface area (Å²) in [7, 11) is 1.82. The first-order valence-electron chi connectivity index (χ1n) is 3.23. The van der Waals surface area contributed by atoms with Crippen molar-refractivity contribution in [2.45, 2.75) is 0 Å². The molecule has 0 aliphatic heterocycles. The number of hydrogen-bond acceptors (Lipinski definition) is 5. The number of halogens is 2. The topological polar surface area (TPSA) is 56.5 Å². The molecule has 0 aliphatic carbocycles. The predicted octanol–water partition coefficient (Wildman–Crippen LogP) is 1.70. The van der Waals surface area contributed by atoms with Gasteiger partial charge in [0.15, 0.2) is 12.6 Å². The van der Waals surface area contributed by atoms with Crippen LogP contribution in [0.15, 0.2) is 4.60 Å². The van der Waals surface area contributed by atoms with Gasteiger partial charge in [-0.3, -0.25) is 0 Å². The van der Waals surface area contributed by atoms with Crippen LogP contribution >= 0.6 is 49.9 Å². The SMILES string of the molecule is Cn1nnc(Br)c1-c1nnc(I)s1. The molecule has 2 aromatic heterocycles. The highest BCUT2D eigenvalue weighted by Crippen LogP contribution is 2.28. The molecule has 2 rings (SSSR count). The van der Waals surface area contributed by atoms with E-state index in [-0.39, 0.29) is 0 Å². The fourth-order valence-electron chi connectivity index (χ4n) is 0.860. The quantitative estimate of drug-likeness (QED) is 0.716. The Morgan fingerprint density at radius 3 is 2.62 bits per heavy atom. The number of hydrogen-bond donors (Lipinski definition) is 0. The highest BCUT2D eigenvalue weighted by molar-refractivity contribution is 14.1. The molecule has 0 spiro atoms. The van der Waals surface area contributed by atoms with Gasteiger partial charge in [-0.05, 0) is 38.5 Å². The van der Waals surface area contributed by atoms with Crippen molar-refractivity contribution in [3.05, 3.63) is 7.62 Å². The van der Waals surface area contributed by atoms with Crippen LogP contribution in [0.4, 0.5) is 0 Å². The van der Waals surface area contributed by atoms with Gasteiger partial charge in [0, 0.05) is 7.05 Å². The van der Waals surface area contributed by atoms with Gasteiger partial charge in [0.05, 0.1) is 0 Å². The summed E-state index contributed by atoms with van der Waals surface area (Å²) in [6, 6.07) is 0. The largest absolute Gasteiger partial charge is 0.244 e. The van der Waals surface area contributed by atoms with Gasteiger partial charge in [-0.15, -0.1) is 15.3 Å². The fraction of sp³-hybridized carbons (Fsp3) is 0.200. The van der Waals surface area contributed by atoms with Gasteiger partial charge < -0.3 is 0 Å². The molecule has 0 saturated carbocycles. The maximum atomic E-state index is 4.01. The van der Waals surface area contributed by atoms with Crippen molar-refractivity contribution in [3.8, 4) is 10.7 Å². The summed E-state index contributed by atoms with van der Waals surface area (Å²) < 4.78 is 3.27. The first-order chi connectivity index (χ1) is 6.18. The molecule has 0 unspecified atom stereocenters. The van der Waals surface area contributed by atoms with Gasteiger partial charge >= 0.3 is 0 Å². The Morgan fingerprint density at radius 1 is 1.38 bits per heavy atom. The van der Waals surface area contributed by atoms with Crippen LogP contribution in [0.1, 0.15) is 0 Å². The summed E-state index contributed by atoms with van der Waals surface area (Å²) in [4.78, 5) is 0. The lowest BCUT2D eigenvalue weighted by Gasteiger charge is -1.93. The van der Waals surface area contributed by atoms with Crippen LogP contribution < -0.4 is 0 Å². The van der Waals surface area contributed by atoms with Crippen LogP contribution in [0, 0.1) is 3.01 Å². The molecule has 0 aliphatic rings. The second-order valence-electron chi connectivity index (χ2n) is 2.21. The van der Waals surface area contributed by atoms with Gasteiger partial charge in [0.1, 0.15) is 5.69 Å². The average Bonchev–Trinajstić information content (AvgIpc) is 2.60. The molecular formula is C5H3BrIN5S. The summed E-state index contributed by atoms with van der Waals surface area (Å²) in [6.07, 6.45) is 0. The highest BCUT2D eigenvalue weighted by atomic mass is 127. The number of aromatic nitrogens is 5. The smallest absolute Gasteiger partial charge is 0.178 e. The molecule has 13 heavy (non-hydrogen) atoms. The molecule has 0 bridgehead atoms. The Morgan fingerprint density at radius 2 is 2.15 bits per heavy atom. The lowest BCUT2D eigenvalue weighted by Crippen LogP contribution is -1.93. The molecule has 0 aromatic carbocycles. The summed E-state index contributed by atoms with van der Waals surface area (Å²) >= 11 is 6.94. The van der Waals surface area contributed by atoms with E-state index in [0.29, 0.717) is 4.60 Å². The van der Waals surface area contributed by atoms with Crippen molar-refractivity contribution >= 4 is 49.9 Å². The predicted molar refractivity (Wildman–Crippen MR) is 60.3 cm³/mol. The van der Waals surface area contributed by atoms with Crippen LogP contribution in [-0.4, -0.2) is 25.2 Å². The second kappa shape index (κ2) is 3.58. The van der Waals surface area contributed by atoms with Crippen molar-refractivity contribution < 1.29 is 0 Å². The number of nitrogens with zero attached hydrogens (tertiary/aromatic N) is 5. The van der Waals surface area contributed by atoms with E-state index in [4.69, 9.17) is 0 Å². The molecule has 0 saturated heterocycles. The van der Waals surface area contributed by atoms with E-state index < -0.39 is 0 Å². The number of aryl methyl sites for hydroxylation is 1. The first-order valence-corrected chi connectivity index (χ1v) is 5.92. The van der Waals surface area contributed by atoms with E-state index in [1.165, 1.54) is 11.3 Å². The van der Waals surface area contributed by atoms with Crippen molar-refractivity contribution in [2.75, 3.05) is 0 Å². The Labute approximate surface area is 99.8 Å². The van der Waals surface area contributed by atoms with E-state index >= 15 is 0 Å². The monoisotopic (exact) mass is 371 g/mol. The van der Waals surface area contributed by atoms with Gasteiger partial charge in [0.2, 0.25) is 0 Å². The van der Waals surface area contributed by atoms with Gasteiger partial charge in [-0.25, -0.2) is 4.68 Å². The minimum Gasteiger partial charge on any atom is -0.244 e. The Kier molecular flexibility index (Phi) is 2.60. The molecule has 0 atom stereocenters. The minimum atomic E-state index is 0.697. The molecule has 8 heteroatoms. The maximum Gasteiger partial charge on any atom is 0.178 e. The van der Waals surface area contributed by atoms with E-state index in [1.807, 2.05) is 7.05 Å². The fourth-order valence-corrected chi connectivity index (χ4v) is 2.89. The molecule has 0 amide bonds. The summed E-state index contributed by atoms with van der Waals surface area (Å²) in [6.45, 7) is 0. The summed E-state index contributed by atoms with van der Waals surface area (Å²) in [5.74, 6) is 0. The Hall–Kier alpha value is -0.0900. The maximum absolute atomic E-state index is 4.01. The normalized spacial score (nSPS) is 10.7. The first kappa shape index (κ1) is 9.46. The highest BCUT2D eigenvalue weighted by Gasteiger charge is 2.14. The lowest BCUT2D eigenvalue weighted by atomic mass is 10.5. The van der Waals surface area contributed by atoms with Crippen LogP contribution in [0.5, 0.6) is 0 Å². The van der Waals surface area contributed by atoms with Crippen LogP contribution in [0.2, 0.25) is 0 Å². The summed E-state index contributed by atoms with van der Waals surface area (Å²) in [5.41, 5.74) is 0.861. The van der Waals surface area contributed by atoms with Crippen LogP contribution in [0.3, 0.4) is 0 Å². The van der Waals surface area contributed by atoms with Crippen molar-refractivity contribution in [3.63, 3.8) is 0 Å². The van der Waals surface area contributed by atoms with E-state index in [0.717, 1.165) is 13.7 Å². The molecule has 2 aromatic rings. The Bertz CT molecular complexity index is 418. The zero-order valence-electron chi connectivity index (χ0n) is 6.40. The van der Waals surface area contributed by atoms with Crippen molar-refractivity contribution in [1.82, 2.24) is 25.2 Å². The summed E-state index contributed by atoms with van der Waals surface area (Å²) in [5, 5.41) is 16.5. The third kappa shape index (κ3) is 1.74. The number of rotatable bonds is 1. The molecule has 0 N–H and O–H groups in total. The third-order valence-corrected chi connectivity index (χ3v) is 3.52. The van der Waals surface area contributed by atoms with Gasteiger partial charge in [-0.1, -0.05) is 16.6 Å². The third-order valence-electron chi connectivity index (χ3n) is 1.39. The van der Waals surface area contributed by atoms with Gasteiger partial charge in [-0.2, -0.15) is 0 Å². The zero-order valence-corrected chi connectivity index (χ0v) is 11.0. The minimum absolute atomic E-state index is 0.697. The van der Waals surface area contributed by atoms with Crippen molar-refractivity contribution in [2.24, 2.45) is 7.05 Å². The molecule has 68 valence electrons. The molecule has 2 heterocycles. The molecule has 0 radical (unpaired) electrons.